The van der Waals surface area contributed by atoms with Crippen molar-refractivity contribution in [3.63, 3.8) is 0 Å². The Morgan fingerprint density at radius 3 is 2.47 bits per heavy atom. The van der Waals surface area contributed by atoms with Crippen molar-refractivity contribution in [2.45, 2.75) is 0 Å². The van der Waals surface area contributed by atoms with E-state index in [1.54, 1.807) is 6.07 Å². The second kappa shape index (κ2) is 5.38. The van der Waals surface area contributed by atoms with Gasteiger partial charge in [0.05, 0.1) is 0 Å². The second-order valence-electron chi connectivity index (χ2n) is 3.36. The van der Waals surface area contributed by atoms with Crippen LogP contribution in [-0.2, 0) is 0 Å². The predicted octanol–water partition coefficient (Wildman–Crippen LogP) is 4.34. The van der Waals surface area contributed by atoms with E-state index in [-0.39, 0.29) is 5.82 Å². The van der Waals surface area contributed by atoms with Gasteiger partial charge in [-0.25, -0.2) is 4.39 Å². The van der Waals surface area contributed by atoms with Gasteiger partial charge < -0.3 is 4.74 Å². The number of thiocarbonyl (C=S) groups is 1. The van der Waals surface area contributed by atoms with Crippen LogP contribution in [0.1, 0.15) is 5.56 Å². The lowest BCUT2D eigenvalue weighted by Gasteiger charge is -2.07. The maximum Gasteiger partial charge on any atom is 0.198 e. The first kappa shape index (κ1) is 12.2. The van der Waals surface area contributed by atoms with Gasteiger partial charge in [0, 0.05) is 16.1 Å². The molecule has 0 heterocycles. The monoisotopic (exact) mass is 310 g/mol. The van der Waals surface area contributed by atoms with Gasteiger partial charge in [0.2, 0.25) is 0 Å². The Kier molecular flexibility index (Phi) is 3.86. The summed E-state index contributed by atoms with van der Waals surface area (Å²) >= 11 is 8.32. The first-order chi connectivity index (χ1) is 8.15. The molecule has 0 aliphatic carbocycles. The van der Waals surface area contributed by atoms with Crippen molar-refractivity contribution in [2.24, 2.45) is 0 Å². The Hall–Kier alpha value is -1.26. The van der Waals surface area contributed by atoms with Crippen LogP contribution >= 0.6 is 28.1 Å². The van der Waals surface area contributed by atoms with Gasteiger partial charge in [-0.05, 0) is 24.4 Å². The Morgan fingerprint density at radius 1 is 1.12 bits per heavy atom. The topological polar surface area (TPSA) is 9.23 Å². The highest BCUT2D eigenvalue weighted by atomic mass is 79.9. The maximum atomic E-state index is 13.1. The van der Waals surface area contributed by atoms with Gasteiger partial charge in [-0.1, -0.05) is 46.3 Å². The van der Waals surface area contributed by atoms with Gasteiger partial charge in [-0.3, -0.25) is 0 Å². The molecule has 0 bridgehead atoms. The normalized spacial score (nSPS) is 10.0. The fraction of sp³-hybridized carbons (Fsp3) is 0. The highest BCUT2D eigenvalue weighted by molar-refractivity contribution is 9.10. The van der Waals surface area contributed by atoms with Gasteiger partial charge in [0.25, 0.3) is 0 Å². The lowest BCUT2D eigenvalue weighted by Crippen LogP contribution is -2.06. The lowest BCUT2D eigenvalue weighted by molar-refractivity contribution is 0.551. The number of hydrogen-bond acceptors (Lipinski definition) is 2. The van der Waals surface area contributed by atoms with E-state index >= 15 is 0 Å². The number of halogens is 2. The van der Waals surface area contributed by atoms with Crippen molar-refractivity contribution in [1.29, 1.82) is 0 Å². The van der Waals surface area contributed by atoms with Crippen molar-refractivity contribution in [2.75, 3.05) is 0 Å². The molecule has 0 N–H and O–H groups in total. The fourth-order valence-electron chi connectivity index (χ4n) is 1.33. The van der Waals surface area contributed by atoms with Crippen LogP contribution in [0.15, 0.2) is 53.0 Å². The molecule has 0 aromatic heterocycles. The van der Waals surface area contributed by atoms with E-state index in [4.69, 9.17) is 17.0 Å². The van der Waals surface area contributed by atoms with Crippen molar-refractivity contribution in [3.8, 4) is 5.75 Å². The Morgan fingerprint density at radius 2 is 1.82 bits per heavy atom. The average Bonchev–Trinajstić information content (AvgIpc) is 2.28. The average molecular weight is 311 g/mol. The number of hydrogen-bond donors (Lipinski definition) is 0. The summed E-state index contributed by atoms with van der Waals surface area (Å²) < 4.78 is 19.2. The van der Waals surface area contributed by atoms with Crippen molar-refractivity contribution >= 4 is 33.2 Å². The number of ether oxygens (including phenoxy) is 1. The highest BCUT2D eigenvalue weighted by Crippen LogP contribution is 2.21. The molecule has 0 atom stereocenters. The molecule has 2 aromatic rings. The summed E-state index contributed by atoms with van der Waals surface area (Å²) in [4.78, 5) is 0. The Labute approximate surface area is 112 Å². The molecule has 0 unspecified atom stereocenters. The smallest absolute Gasteiger partial charge is 0.198 e. The SMILES string of the molecule is Fc1cc(Br)cc(OC(=S)c2ccccc2)c1. The van der Waals surface area contributed by atoms with Gasteiger partial charge >= 0.3 is 0 Å². The molecule has 0 saturated heterocycles. The highest BCUT2D eigenvalue weighted by Gasteiger charge is 2.05. The van der Waals surface area contributed by atoms with E-state index in [1.165, 1.54) is 12.1 Å². The molecule has 2 rings (SSSR count). The van der Waals surface area contributed by atoms with Crippen molar-refractivity contribution < 1.29 is 9.13 Å². The van der Waals surface area contributed by atoms with Crippen molar-refractivity contribution in [1.82, 2.24) is 0 Å². The van der Waals surface area contributed by atoms with Gasteiger partial charge in [0.1, 0.15) is 11.6 Å². The van der Waals surface area contributed by atoms with E-state index < -0.39 is 0 Å². The van der Waals surface area contributed by atoms with E-state index in [1.807, 2.05) is 30.3 Å². The molecular weight excluding hydrogens is 303 g/mol. The van der Waals surface area contributed by atoms with Crippen LogP contribution in [0.25, 0.3) is 0 Å². The number of rotatable bonds is 2. The molecule has 4 heteroatoms. The molecular formula is C13H8BrFOS. The third-order valence-electron chi connectivity index (χ3n) is 2.06. The van der Waals surface area contributed by atoms with Gasteiger partial charge in [0.15, 0.2) is 5.05 Å². The summed E-state index contributed by atoms with van der Waals surface area (Å²) in [7, 11) is 0. The molecule has 0 amide bonds. The second-order valence-corrected chi connectivity index (χ2v) is 4.65. The van der Waals surface area contributed by atoms with Crippen molar-refractivity contribution in [3.05, 3.63) is 64.4 Å². The minimum atomic E-state index is -0.370. The minimum Gasteiger partial charge on any atom is -0.445 e. The zero-order valence-corrected chi connectivity index (χ0v) is 11.1. The first-order valence-electron chi connectivity index (χ1n) is 4.88. The minimum absolute atomic E-state index is 0.322. The van der Waals surface area contributed by atoms with Gasteiger partial charge in [-0.15, -0.1) is 0 Å². The molecule has 86 valence electrons. The largest absolute Gasteiger partial charge is 0.445 e. The molecule has 0 fully saturated rings. The summed E-state index contributed by atoms with van der Waals surface area (Å²) in [5.41, 5.74) is 0.794. The molecule has 0 aliphatic rings. The predicted molar refractivity (Wildman–Crippen MR) is 72.9 cm³/mol. The van der Waals surface area contributed by atoms with Crippen LogP contribution in [0.5, 0.6) is 5.75 Å². The molecule has 0 aliphatic heterocycles. The van der Waals surface area contributed by atoms with E-state index in [2.05, 4.69) is 15.9 Å². The zero-order chi connectivity index (χ0) is 12.3. The van der Waals surface area contributed by atoms with Crippen LogP contribution in [0.2, 0.25) is 0 Å². The summed E-state index contributed by atoms with van der Waals surface area (Å²) in [6.45, 7) is 0. The fourth-order valence-corrected chi connectivity index (χ4v) is 2.00. The van der Waals surface area contributed by atoms with Crippen LogP contribution in [0.4, 0.5) is 4.39 Å². The lowest BCUT2D eigenvalue weighted by atomic mass is 10.2. The molecule has 1 nitrogen and oxygen atoms in total. The maximum absolute atomic E-state index is 13.1. The molecule has 0 saturated carbocycles. The van der Waals surface area contributed by atoms with E-state index in [0.717, 1.165) is 5.56 Å². The third kappa shape index (κ3) is 3.35. The summed E-state index contributed by atoms with van der Waals surface area (Å²) in [6.07, 6.45) is 0. The van der Waals surface area contributed by atoms with E-state index in [0.29, 0.717) is 15.3 Å². The first-order valence-corrected chi connectivity index (χ1v) is 6.08. The Balaban J connectivity index is 2.19. The van der Waals surface area contributed by atoms with Crippen LogP contribution in [0, 0.1) is 5.82 Å². The summed E-state index contributed by atoms with van der Waals surface area (Å²) in [6, 6.07) is 13.6. The quantitative estimate of drug-likeness (QED) is 0.763. The molecule has 0 spiro atoms. The number of benzene rings is 2. The van der Waals surface area contributed by atoms with E-state index in [9.17, 15) is 4.39 Å². The van der Waals surface area contributed by atoms with Gasteiger partial charge in [-0.2, -0.15) is 0 Å². The third-order valence-corrected chi connectivity index (χ3v) is 2.83. The molecule has 0 radical (unpaired) electrons. The van der Waals surface area contributed by atoms with Crippen LogP contribution in [0.3, 0.4) is 0 Å². The Bertz CT molecular complexity index is 522. The summed E-state index contributed by atoms with van der Waals surface area (Å²) in [5, 5.41) is 0.322. The van der Waals surface area contributed by atoms with Crippen LogP contribution in [-0.4, -0.2) is 5.05 Å². The van der Waals surface area contributed by atoms with Crippen LogP contribution < -0.4 is 4.74 Å². The standard InChI is InChI=1S/C13H8BrFOS/c14-10-6-11(15)8-12(7-10)16-13(17)9-4-2-1-3-5-9/h1-8H. The zero-order valence-electron chi connectivity index (χ0n) is 8.69. The molecule has 17 heavy (non-hydrogen) atoms. The summed E-state index contributed by atoms with van der Waals surface area (Å²) in [5.74, 6) is 0.0102. The molecule has 2 aromatic carbocycles.